The van der Waals surface area contributed by atoms with Gasteiger partial charge in [0.25, 0.3) is 5.91 Å². The number of ether oxygens (including phenoxy) is 2. The monoisotopic (exact) mass is 364 g/mol. The van der Waals surface area contributed by atoms with E-state index in [1.807, 2.05) is 31.2 Å². The summed E-state index contributed by atoms with van der Waals surface area (Å²) in [5.41, 5.74) is 1.74. The Balaban J connectivity index is 1.69. The van der Waals surface area contributed by atoms with Crippen molar-refractivity contribution in [3.05, 3.63) is 66.5 Å². The maximum absolute atomic E-state index is 12.4. The van der Waals surface area contributed by atoms with Gasteiger partial charge < -0.3 is 20.1 Å². The molecule has 0 atom stereocenters. The Morgan fingerprint density at radius 1 is 1.07 bits per heavy atom. The van der Waals surface area contributed by atoms with E-state index in [1.54, 1.807) is 31.4 Å². The fourth-order valence-corrected chi connectivity index (χ4v) is 2.39. The van der Waals surface area contributed by atoms with Gasteiger partial charge in [0.1, 0.15) is 11.5 Å². The normalized spacial score (nSPS) is 10.1. The van der Waals surface area contributed by atoms with Crippen molar-refractivity contribution in [1.29, 1.82) is 0 Å². The third-order valence-electron chi connectivity index (χ3n) is 3.68. The van der Waals surface area contributed by atoms with Crippen LogP contribution in [0.1, 0.15) is 17.3 Å². The molecule has 1 amide bonds. The molecule has 1 heterocycles. The molecule has 0 saturated carbocycles. The second kappa shape index (κ2) is 8.66. The van der Waals surface area contributed by atoms with E-state index in [4.69, 9.17) is 9.47 Å². The summed E-state index contributed by atoms with van der Waals surface area (Å²) in [7, 11) is 1.57. The molecule has 138 valence electrons. The topological polar surface area (TPSA) is 85.4 Å². The van der Waals surface area contributed by atoms with Crippen LogP contribution in [0.15, 0.2) is 60.9 Å². The minimum atomic E-state index is -0.301. The molecule has 2 N–H and O–H groups in total. The zero-order valence-electron chi connectivity index (χ0n) is 15.1. The van der Waals surface area contributed by atoms with E-state index in [-0.39, 0.29) is 5.91 Å². The lowest BCUT2D eigenvalue weighted by Crippen LogP contribution is -2.13. The van der Waals surface area contributed by atoms with E-state index in [0.29, 0.717) is 35.3 Å². The highest BCUT2D eigenvalue weighted by Gasteiger charge is 2.09. The number of methoxy groups -OCH3 is 1. The molecule has 0 aliphatic carbocycles. The molecule has 0 bridgehead atoms. The lowest BCUT2D eigenvalue weighted by atomic mass is 10.2. The molecular weight excluding hydrogens is 344 g/mol. The van der Waals surface area contributed by atoms with Crippen molar-refractivity contribution < 1.29 is 14.3 Å². The molecule has 2 aromatic carbocycles. The summed E-state index contributed by atoms with van der Waals surface area (Å²) in [4.78, 5) is 20.8. The lowest BCUT2D eigenvalue weighted by Gasteiger charge is -2.11. The summed E-state index contributed by atoms with van der Waals surface area (Å²) in [6, 6.07) is 14.6. The van der Waals surface area contributed by atoms with Gasteiger partial charge in [-0.2, -0.15) is 0 Å². The second-order valence-electron chi connectivity index (χ2n) is 5.54. The van der Waals surface area contributed by atoms with E-state index in [1.165, 1.54) is 12.4 Å². The number of aromatic nitrogens is 2. The Labute approximate surface area is 157 Å². The molecule has 3 aromatic rings. The first-order valence-electron chi connectivity index (χ1n) is 8.46. The molecule has 1 aromatic heterocycles. The second-order valence-corrected chi connectivity index (χ2v) is 5.54. The number of rotatable bonds is 7. The zero-order chi connectivity index (χ0) is 19.1. The van der Waals surface area contributed by atoms with Gasteiger partial charge in [0, 0.05) is 24.1 Å². The number of carbonyl (C=O) groups is 1. The molecule has 0 unspecified atom stereocenters. The molecule has 0 aliphatic rings. The first-order chi connectivity index (χ1) is 13.2. The van der Waals surface area contributed by atoms with E-state index < -0.39 is 0 Å². The lowest BCUT2D eigenvalue weighted by molar-refractivity contribution is 0.102. The van der Waals surface area contributed by atoms with Gasteiger partial charge in [-0.05, 0) is 31.2 Å². The quantitative estimate of drug-likeness (QED) is 0.662. The van der Waals surface area contributed by atoms with Crippen LogP contribution >= 0.6 is 0 Å². The van der Waals surface area contributed by atoms with Gasteiger partial charge in [-0.25, -0.2) is 9.97 Å². The number of nitrogens with one attached hydrogen (secondary N) is 2. The predicted octanol–water partition coefficient (Wildman–Crippen LogP) is 3.88. The van der Waals surface area contributed by atoms with Crippen LogP contribution in [0.2, 0.25) is 0 Å². The summed E-state index contributed by atoms with van der Waals surface area (Å²) in [5.74, 6) is 1.45. The van der Waals surface area contributed by atoms with Crippen molar-refractivity contribution in [2.24, 2.45) is 0 Å². The third-order valence-corrected chi connectivity index (χ3v) is 3.68. The van der Waals surface area contributed by atoms with Crippen LogP contribution in [0.3, 0.4) is 0 Å². The van der Waals surface area contributed by atoms with Crippen LogP contribution in [0, 0.1) is 0 Å². The zero-order valence-corrected chi connectivity index (χ0v) is 15.1. The number of para-hydroxylation sites is 2. The molecule has 3 rings (SSSR count). The predicted molar refractivity (Wildman–Crippen MR) is 104 cm³/mol. The van der Waals surface area contributed by atoms with Crippen molar-refractivity contribution in [2.45, 2.75) is 6.92 Å². The molecule has 7 heteroatoms. The highest BCUT2D eigenvalue weighted by molar-refractivity contribution is 6.04. The SMILES string of the molecule is CCOc1ccccc1Nc1ncc(C(=O)Nc2cccc(OC)c2)cn1. The fraction of sp³-hybridized carbons (Fsp3) is 0.150. The fourth-order valence-electron chi connectivity index (χ4n) is 2.39. The number of hydrogen-bond donors (Lipinski definition) is 2. The van der Waals surface area contributed by atoms with E-state index in [2.05, 4.69) is 20.6 Å². The van der Waals surface area contributed by atoms with E-state index in [0.717, 1.165) is 5.69 Å². The first-order valence-corrected chi connectivity index (χ1v) is 8.46. The van der Waals surface area contributed by atoms with Gasteiger partial charge in [-0.15, -0.1) is 0 Å². The maximum Gasteiger partial charge on any atom is 0.258 e. The van der Waals surface area contributed by atoms with Crippen LogP contribution in [0.25, 0.3) is 0 Å². The van der Waals surface area contributed by atoms with E-state index in [9.17, 15) is 4.79 Å². The number of carbonyl (C=O) groups excluding carboxylic acids is 1. The van der Waals surface area contributed by atoms with Gasteiger partial charge in [0.2, 0.25) is 5.95 Å². The van der Waals surface area contributed by atoms with E-state index >= 15 is 0 Å². The van der Waals surface area contributed by atoms with Crippen molar-refractivity contribution in [1.82, 2.24) is 9.97 Å². The van der Waals surface area contributed by atoms with Crippen molar-refractivity contribution in [2.75, 3.05) is 24.4 Å². The number of nitrogens with zero attached hydrogens (tertiary/aromatic N) is 2. The molecule has 0 radical (unpaired) electrons. The molecule has 0 fully saturated rings. The highest BCUT2D eigenvalue weighted by atomic mass is 16.5. The molecule has 7 nitrogen and oxygen atoms in total. The summed E-state index contributed by atoms with van der Waals surface area (Å²) in [6.07, 6.45) is 2.93. The van der Waals surface area contributed by atoms with Crippen LogP contribution in [-0.2, 0) is 0 Å². The number of hydrogen-bond acceptors (Lipinski definition) is 6. The summed E-state index contributed by atoms with van der Waals surface area (Å²) < 4.78 is 10.7. The van der Waals surface area contributed by atoms with Crippen molar-refractivity contribution in [3.8, 4) is 11.5 Å². The highest BCUT2D eigenvalue weighted by Crippen LogP contribution is 2.26. The molecule has 0 saturated heterocycles. The minimum Gasteiger partial charge on any atom is -0.497 e. The standard InChI is InChI=1S/C20H20N4O3/c1-3-27-18-10-5-4-9-17(18)24-20-21-12-14(13-22-20)19(25)23-15-7-6-8-16(11-15)26-2/h4-13H,3H2,1-2H3,(H,23,25)(H,21,22,24). The van der Waals surface area contributed by atoms with Gasteiger partial charge in [-0.1, -0.05) is 18.2 Å². The third kappa shape index (κ3) is 4.72. The van der Waals surface area contributed by atoms with Crippen LogP contribution in [-0.4, -0.2) is 29.6 Å². The average Bonchev–Trinajstić information content (AvgIpc) is 2.70. The molecule has 0 spiro atoms. The van der Waals surface area contributed by atoms with Gasteiger partial charge >= 0.3 is 0 Å². The van der Waals surface area contributed by atoms with Gasteiger partial charge in [0.05, 0.1) is 25.0 Å². The number of anilines is 3. The van der Waals surface area contributed by atoms with Crippen LogP contribution in [0.5, 0.6) is 11.5 Å². The van der Waals surface area contributed by atoms with Gasteiger partial charge in [-0.3, -0.25) is 4.79 Å². The molecular formula is C20H20N4O3. The summed E-state index contributed by atoms with van der Waals surface area (Å²) >= 11 is 0. The number of benzene rings is 2. The molecule has 27 heavy (non-hydrogen) atoms. The van der Waals surface area contributed by atoms with Crippen molar-refractivity contribution in [3.63, 3.8) is 0 Å². The Morgan fingerprint density at radius 3 is 2.59 bits per heavy atom. The minimum absolute atomic E-state index is 0.301. The van der Waals surface area contributed by atoms with Gasteiger partial charge in [0.15, 0.2) is 0 Å². The summed E-state index contributed by atoms with van der Waals surface area (Å²) in [6.45, 7) is 2.48. The largest absolute Gasteiger partial charge is 0.497 e. The number of amides is 1. The molecule has 0 aliphatic heterocycles. The van der Waals surface area contributed by atoms with Crippen LogP contribution < -0.4 is 20.1 Å². The summed E-state index contributed by atoms with van der Waals surface area (Å²) in [5, 5.41) is 5.88. The Bertz CT molecular complexity index is 913. The average molecular weight is 364 g/mol. The Morgan fingerprint density at radius 2 is 1.85 bits per heavy atom. The smallest absolute Gasteiger partial charge is 0.258 e. The van der Waals surface area contributed by atoms with Crippen LogP contribution in [0.4, 0.5) is 17.3 Å². The Kier molecular flexibility index (Phi) is 5.84. The maximum atomic E-state index is 12.4. The first kappa shape index (κ1) is 18.2. The van der Waals surface area contributed by atoms with Crippen molar-refractivity contribution >= 4 is 23.2 Å². The Hall–Kier alpha value is -3.61.